The molecule has 0 saturated carbocycles. The molecule has 3 atom stereocenters. The van der Waals surface area contributed by atoms with Crippen LogP contribution in [0.15, 0.2) is 0 Å². The number of nitrogens with one attached hydrogen (secondary N) is 1. The lowest BCUT2D eigenvalue weighted by molar-refractivity contribution is -0.142. The van der Waals surface area contributed by atoms with E-state index in [1.54, 1.807) is 0 Å². The Balaban J connectivity index is 2.17. The van der Waals surface area contributed by atoms with Crippen molar-refractivity contribution in [3.63, 3.8) is 0 Å². The molecule has 4 heteroatoms. The first-order valence-electron chi connectivity index (χ1n) is 5.20. The molecule has 2 N–H and O–H groups in total. The minimum atomic E-state index is -0.751. The first kappa shape index (κ1) is 9.49. The van der Waals surface area contributed by atoms with E-state index >= 15 is 0 Å². The molecule has 0 aliphatic carbocycles. The van der Waals surface area contributed by atoms with Gasteiger partial charge in [0.1, 0.15) is 0 Å². The van der Waals surface area contributed by atoms with Crippen molar-refractivity contribution in [1.29, 1.82) is 0 Å². The van der Waals surface area contributed by atoms with Gasteiger partial charge in [0.05, 0.1) is 5.92 Å². The molecule has 2 rings (SSSR count). The molecule has 1 amide bonds. The van der Waals surface area contributed by atoms with Gasteiger partial charge in [0.2, 0.25) is 5.91 Å². The van der Waals surface area contributed by atoms with E-state index in [-0.39, 0.29) is 23.8 Å². The fourth-order valence-electron chi connectivity index (χ4n) is 2.52. The van der Waals surface area contributed by atoms with E-state index in [9.17, 15) is 9.59 Å². The van der Waals surface area contributed by atoms with Crippen LogP contribution < -0.4 is 5.32 Å². The average Bonchev–Trinajstić information content (AvgIpc) is 2.31. The van der Waals surface area contributed by atoms with E-state index < -0.39 is 5.97 Å². The summed E-state index contributed by atoms with van der Waals surface area (Å²) in [5.74, 6) is -1.08. The molecule has 2 aliphatic heterocycles. The van der Waals surface area contributed by atoms with Gasteiger partial charge in [-0.2, -0.15) is 0 Å². The molecular formula is C10H15NO3. The van der Waals surface area contributed by atoms with E-state index in [4.69, 9.17) is 5.11 Å². The molecule has 14 heavy (non-hydrogen) atoms. The summed E-state index contributed by atoms with van der Waals surface area (Å²) in [7, 11) is 0. The molecule has 2 aliphatic rings. The summed E-state index contributed by atoms with van der Waals surface area (Å²) in [6.45, 7) is 0. The van der Waals surface area contributed by atoms with Crippen molar-refractivity contribution >= 4 is 11.9 Å². The van der Waals surface area contributed by atoms with Gasteiger partial charge in [-0.3, -0.25) is 9.59 Å². The van der Waals surface area contributed by atoms with Crippen LogP contribution in [0.25, 0.3) is 0 Å². The van der Waals surface area contributed by atoms with E-state index in [0.29, 0.717) is 12.8 Å². The van der Waals surface area contributed by atoms with Crippen molar-refractivity contribution in [3.05, 3.63) is 0 Å². The number of fused-ring (bicyclic) bond motifs is 3. The number of carbonyl (C=O) groups excluding carboxylic acids is 1. The van der Waals surface area contributed by atoms with Crippen LogP contribution in [-0.2, 0) is 9.59 Å². The van der Waals surface area contributed by atoms with Crippen LogP contribution in [-0.4, -0.2) is 23.0 Å². The van der Waals surface area contributed by atoms with Crippen molar-refractivity contribution in [2.24, 2.45) is 11.8 Å². The summed E-state index contributed by atoms with van der Waals surface area (Å²) in [5.41, 5.74) is 0. The van der Waals surface area contributed by atoms with Crippen LogP contribution >= 0.6 is 0 Å². The molecule has 2 fully saturated rings. The Morgan fingerprint density at radius 1 is 1.36 bits per heavy atom. The second kappa shape index (κ2) is 3.59. The molecule has 0 aromatic rings. The normalized spacial score (nSPS) is 37.1. The van der Waals surface area contributed by atoms with Crippen LogP contribution in [0.2, 0.25) is 0 Å². The Hall–Kier alpha value is -1.06. The Bertz CT molecular complexity index is 264. The zero-order valence-electron chi connectivity index (χ0n) is 8.03. The third kappa shape index (κ3) is 1.74. The highest BCUT2D eigenvalue weighted by Gasteiger charge is 2.36. The number of aliphatic carboxylic acids is 1. The third-order valence-corrected chi connectivity index (χ3v) is 3.31. The molecule has 2 bridgehead atoms. The molecule has 0 aromatic heterocycles. The van der Waals surface area contributed by atoms with E-state index in [1.165, 1.54) is 0 Å². The molecule has 0 aromatic carbocycles. The fourth-order valence-corrected chi connectivity index (χ4v) is 2.52. The van der Waals surface area contributed by atoms with Crippen LogP contribution in [0.3, 0.4) is 0 Å². The fraction of sp³-hybridized carbons (Fsp3) is 0.800. The summed E-state index contributed by atoms with van der Waals surface area (Å²) in [5, 5.41) is 11.9. The maximum Gasteiger partial charge on any atom is 0.306 e. The molecule has 2 heterocycles. The first-order chi connectivity index (χ1) is 6.66. The third-order valence-electron chi connectivity index (χ3n) is 3.31. The number of hydrogen-bond acceptors (Lipinski definition) is 2. The predicted octanol–water partition coefficient (Wildman–Crippen LogP) is 0.766. The zero-order valence-corrected chi connectivity index (χ0v) is 8.03. The van der Waals surface area contributed by atoms with Gasteiger partial charge in [0, 0.05) is 12.0 Å². The van der Waals surface area contributed by atoms with E-state index in [2.05, 4.69) is 5.32 Å². The number of rotatable bonds is 1. The largest absolute Gasteiger partial charge is 0.481 e. The Morgan fingerprint density at radius 3 is 2.86 bits per heavy atom. The number of hydrogen-bond donors (Lipinski definition) is 2. The maximum atomic E-state index is 11.6. The lowest BCUT2D eigenvalue weighted by atomic mass is 9.85. The monoisotopic (exact) mass is 197 g/mol. The van der Waals surface area contributed by atoms with E-state index in [1.807, 2.05) is 0 Å². The topological polar surface area (TPSA) is 66.4 Å². The standard InChI is InChI=1S/C10H15NO3/c12-9-6-2-1-3-8(11-9)5-7(4-6)10(13)14/h6-8H,1-5H2,(H,11,12)(H,13,14)/t6-,7+,8-/m0/s1. The Kier molecular flexibility index (Phi) is 2.44. The number of carboxylic acids is 1. The molecule has 0 spiro atoms. The van der Waals surface area contributed by atoms with Gasteiger partial charge < -0.3 is 10.4 Å². The van der Waals surface area contributed by atoms with Crippen LogP contribution in [0.1, 0.15) is 32.1 Å². The zero-order chi connectivity index (χ0) is 10.1. The molecule has 0 unspecified atom stereocenters. The van der Waals surface area contributed by atoms with Gasteiger partial charge in [-0.15, -0.1) is 0 Å². The van der Waals surface area contributed by atoms with Gasteiger partial charge in [0.25, 0.3) is 0 Å². The molecule has 2 saturated heterocycles. The van der Waals surface area contributed by atoms with Gasteiger partial charge in [-0.1, -0.05) is 6.42 Å². The molecule has 4 nitrogen and oxygen atoms in total. The van der Waals surface area contributed by atoms with Crippen molar-refractivity contribution in [1.82, 2.24) is 5.32 Å². The average molecular weight is 197 g/mol. The summed E-state index contributed by atoms with van der Waals surface area (Å²) < 4.78 is 0. The lowest BCUT2D eigenvalue weighted by Gasteiger charge is -2.19. The number of amides is 1. The number of carbonyl (C=O) groups is 2. The summed E-state index contributed by atoms with van der Waals surface area (Å²) >= 11 is 0. The van der Waals surface area contributed by atoms with Crippen LogP contribution in [0, 0.1) is 11.8 Å². The Labute approximate surface area is 82.7 Å². The van der Waals surface area contributed by atoms with Crippen molar-refractivity contribution in [2.45, 2.75) is 38.1 Å². The molecule has 0 radical (unpaired) electrons. The van der Waals surface area contributed by atoms with Gasteiger partial charge in [-0.25, -0.2) is 0 Å². The first-order valence-corrected chi connectivity index (χ1v) is 5.20. The van der Waals surface area contributed by atoms with Crippen LogP contribution in [0.5, 0.6) is 0 Å². The molecule has 78 valence electrons. The highest BCUT2D eigenvalue weighted by molar-refractivity contribution is 5.81. The SMILES string of the molecule is O=C(O)[C@H]1C[C@@H]2CCC[C@@H](C1)C(=O)N2. The van der Waals surface area contributed by atoms with Crippen molar-refractivity contribution < 1.29 is 14.7 Å². The quantitative estimate of drug-likeness (QED) is 0.652. The molecular weight excluding hydrogens is 182 g/mol. The summed E-state index contributed by atoms with van der Waals surface area (Å²) in [6, 6.07) is 0.0936. The lowest BCUT2D eigenvalue weighted by Crippen LogP contribution is -2.34. The highest BCUT2D eigenvalue weighted by atomic mass is 16.4. The van der Waals surface area contributed by atoms with Gasteiger partial charge >= 0.3 is 5.97 Å². The van der Waals surface area contributed by atoms with Gasteiger partial charge in [-0.05, 0) is 25.7 Å². The van der Waals surface area contributed by atoms with Crippen molar-refractivity contribution in [3.8, 4) is 0 Å². The Morgan fingerprint density at radius 2 is 2.14 bits per heavy atom. The minimum Gasteiger partial charge on any atom is -0.481 e. The second-order valence-corrected chi connectivity index (χ2v) is 4.34. The summed E-state index contributed by atoms with van der Waals surface area (Å²) in [6.07, 6.45) is 3.97. The smallest absolute Gasteiger partial charge is 0.306 e. The minimum absolute atomic E-state index is 0.0660. The van der Waals surface area contributed by atoms with E-state index in [0.717, 1.165) is 19.3 Å². The predicted molar refractivity (Wildman–Crippen MR) is 49.6 cm³/mol. The van der Waals surface area contributed by atoms with Gasteiger partial charge in [0.15, 0.2) is 0 Å². The second-order valence-electron chi connectivity index (χ2n) is 4.34. The van der Waals surface area contributed by atoms with Crippen LogP contribution in [0.4, 0.5) is 0 Å². The number of carboxylic acid groups (broad SMARTS) is 1. The summed E-state index contributed by atoms with van der Waals surface area (Å²) in [4.78, 5) is 22.5. The highest BCUT2D eigenvalue weighted by Crippen LogP contribution is 2.31. The maximum absolute atomic E-state index is 11.6. The van der Waals surface area contributed by atoms with Crippen molar-refractivity contribution in [2.75, 3.05) is 0 Å².